The number of phenols is 2. The van der Waals surface area contributed by atoms with Crippen molar-refractivity contribution in [2.75, 3.05) is 27.2 Å². The molecule has 0 aromatic heterocycles. The van der Waals surface area contributed by atoms with E-state index in [2.05, 4.69) is 10.2 Å². The molecule has 4 nitrogen and oxygen atoms in total. The van der Waals surface area contributed by atoms with Gasteiger partial charge < -0.3 is 20.4 Å². The van der Waals surface area contributed by atoms with Crippen molar-refractivity contribution >= 4 is 0 Å². The number of rotatable bonds is 6. The Hall–Kier alpha value is -1.26. The Balaban J connectivity index is 2.49. The normalized spacial score (nSPS) is 12.9. The van der Waals surface area contributed by atoms with Gasteiger partial charge in [-0.15, -0.1) is 0 Å². The quantitative estimate of drug-likeness (QED) is 0.660. The Kier molecular flexibility index (Phi) is 5.25. The zero-order valence-electron chi connectivity index (χ0n) is 10.8. The van der Waals surface area contributed by atoms with Crippen molar-refractivity contribution < 1.29 is 10.2 Å². The Morgan fingerprint density at radius 2 is 1.82 bits per heavy atom. The van der Waals surface area contributed by atoms with Crippen molar-refractivity contribution in [3.8, 4) is 11.5 Å². The summed E-state index contributed by atoms with van der Waals surface area (Å²) in [5.41, 5.74) is 0.567. The van der Waals surface area contributed by atoms with Gasteiger partial charge in [-0.1, -0.05) is 6.07 Å². The van der Waals surface area contributed by atoms with E-state index < -0.39 is 0 Å². The average Bonchev–Trinajstić information content (AvgIpc) is 2.24. The predicted octanol–water partition coefficient (Wildman–Crippen LogP) is 1.70. The molecule has 17 heavy (non-hydrogen) atoms. The molecule has 0 spiro atoms. The number of nitrogens with one attached hydrogen (secondary N) is 1. The summed E-state index contributed by atoms with van der Waals surface area (Å²) in [5.74, 6) is 0.273. The summed E-state index contributed by atoms with van der Waals surface area (Å²) in [4.78, 5) is 2.13. The first kappa shape index (κ1) is 13.8. The molecular formula is C13H22N2O2. The molecule has 0 radical (unpaired) electrons. The molecule has 0 saturated heterocycles. The van der Waals surface area contributed by atoms with Crippen LogP contribution in [0.15, 0.2) is 18.2 Å². The molecule has 0 heterocycles. The number of nitrogens with zero attached hydrogens (tertiary/aromatic N) is 1. The highest BCUT2D eigenvalue weighted by Crippen LogP contribution is 2.31. The summed E-state index contributed by atoms with van der Waals surface area (Å²) >= 11 is 0. The fourth-order valence-corrected chi connectivity index (χ4v) is 1.80. The molecule has 1 rings (SSSR count). The highest BCUT2D eigenvalue weighted by molar-refractivity contribution is 5.44. The topological polar surface area (TPSA) is 55.7 Å². The Morgan fingerprint density at radius 1 is 1.24 bits per heavy atom. The minimum Gasteiger partial charge on any atom is -0.507 e. The molecule has 0 aliphatic rings. The standard InChI is InChI=1S/C13H22N2O2/c1-10(14-8-5-9-15(2)3)13-11(16)6-4-7-12(13)17/h4,6-7,10,14,16-17H,5,8-9H2,1-3H3. The van der Waals surface area contributed by atoms with E-state index in [1.807, 2.05) is 21.0 Å². The highest BCUT2D eigenvalue weighted by Gasteiger charge is 2.13. The third-order valence-corrected chi connectivity index (χ3v) is 2.73. The predicted molar refractivity (Wildman–Crippen MR) is 69.4 cm³/mol. The van der Waals surface area contributed by atoms with Gasteiger partial charge in [-0.2, -0.15) is 0 Å². The molecule has 3 N–H and O–H groups in total. The van der Waals surface area contributed by atoms with Crippen LogP contribution < -0.4 is 5.32 Å². The zero-order chi connectivity index (χ0) is 12.8. The summed E-state index contributed by atoms with van der Waals surface area (Å²) in [7, 11) is 4.08. The number of hydrogen-bond donors (Lipinski definition) is 3. The van der Waals surface area contributed by atoms with Crippen LogP contribution in [-0.4, -0.2) is 42.3 Å². The lowest BCUT2D eigenvalue weighted by Gasteiger charge is -2.17. The van der Waals surface area contributed by atoms with Crippen LogP contribution in [0.5, 0.6) is 11.5 Å². The van der Waals surface area contributed by atoms with E-state index in [0.717, 1.165) is 19.5 Å². The first-order valence-electron chi connectivity index (χ1n) is 5.91. The second kappa shape index (κ2) is 6.47. The summed E-state index contributed by atoms with van der Waals surface area (Å²) in [6, 6.07) is 4.76. The molecule has 1 aromatic rings. The number of hydrogen-bond acceptors (Lipinski definition) is 4. The van der Waals surface area contributed by atoms with Crippen molar-refractivity contribution in [3.63, 3.8) is 0 Å². The van der Waals surface area contributed by atoms with E-state index in [9.17, 15) is 10.2 Å². The SMILES string of the molecule is CC(NCCCN(C)C)c1c(O)cccc1O. The minimum atomic E-state index is -0.0571. The first-order valence-corrected chi connectivity index (χ1v) is 5.91. The fourth-order valence-electron chi connectivity index (χ4n) is 1.80. The molecule has 0 aliphatic heterocycles. The maximum absolute atomic E-state index is 9.70. The van der Waals surface area contributed by atoms with Crippen LogP contribution in [0.1, 0.15) is 24.9 Å². The van der Waals surface area contributed by atoms with Crippen molar-refractivity contribution in [1.29, 1.82) is 0 Å². The first-order chi connectivity index (χ1) is 8.02. The number of aromatic hydroxyl groups is 2. The molecule has 0 fully saturated rings. The van der Waals surface area contributed by atoms with E-state index in [0.29, 0.717) is 5.56 Å². The second-order valence-electron chi connectivity index (χ2n) is 4.54. The summed E-state index contributed by atoms with van der Waals surface area (Å²) in [5, 5.41) is 22.7. The number of benzene rings is 1. The van der Waals surface area contributed by atoms with Gasteiger partial charge in [0.05, 0.1) is 5.56 Å². The number of phenolic OH excluding ortho intramolecular Hbond substituents is 2. The van der Waals surface area contributed by atoms with Crippen molar-refractivity contribution in [1.82, 2.24) is 10.2 Å². The molecule has 0 aliphatic carbocycles. The molecule has 1 atom stereocenters. The van der Waals surface area contributed by atoms with Crippen LogP contribution in [0.2, 0.25) is 0 Å². The van der Waals surface area contributed by atoms with Gasteiger partial charge in [0.1, 0.15) is 11.5 Å². The molecule has 0 bridgehead atoms. The van der Waals surface area contributed by atoms with Gasteiger partial charge in [-0.25, -0.2) is 0 Å². The highest BCUT2D eigenvalue weighted by atomic mass is 16.3. The smallest absolute Gasteiger partial charge is 0.124 e. The largest absolute Gasteiger partial charge is 0.507 e. The van der Waals surface area contributed by atoms with Crippen molar-refractivity contribution in [2.45, 2.75) is 19.4 Å². The summed E-state index contributed by atoms with van der Waals surface area (Å²) < 4.78 is 0. The second-order valence-corrected chi connectivity index (χ2v) is 4.54. The monoisotopic (exact) mass is 238 g/mol. The molecule has 1 aromatic carbocycles. The molecule has 4 heteroatoms. The van der Waals surface area contributed by atoms with Gasteiger partial charge in [-0.3, -0.25) is 0 Å². The Morgan fingerprint density at radius 3 is 2.35 bits per heavy atom. The summed E-state index contributed by atoms with van der Waals surface area (Å²) in [6.07, 6.45) is 1.03. The zero-order valence-corrected chi connectivity index (χ0v) is 10.8. The Labute approximate surface area is 103 Å². The van der Waals surface area contributed by atoms with Gasteiger partial charge in [-0.05, 0) is 52.7 Å². The van der Waals surface area contributed by atoms with Crippen molar-refractivity contribution in [2.24, 2.45) is 0 Å². The maximum Gasteiger partial charge on any atom is 0.124 e. The lowest BCUT2D eigenvalue weighted by atomic mass is 10.1. The van der Waals surface area contributed by atoms with E-state index in [1.165, 1.54) is 0 Å². The van der Waals surface area contributed by atoms with E-state index >= 15 is 0 Å². The van der Waals surface area contributed by atoms with E-state index in [4.69, 9.17) is 0 Å². The lowest BCUT2D eigenvalue weighted by molar-refractivity contribution is 0.382. The van der Waals surface area contributed by atoms with Gasteiger partial charge >= 0.3 is 0 Å². The molecule has 0 amide bonds. The molecule has 96 valence electrons. The van der Waals surface area contributed by atoms with Crippen LogP contribution >= 0.6 is 0 Å². The van der Waals surface area contributed by atoms with Gasteiger partial charge in [0.2, 0.25) is 0 Å². The molecule has 1 unspecified atom stereocenters. The molecular weight excluding hydrogens is 216 g/mol. The third-order valence-electron chi connectivity index (χ3n) is 2.73. The maximum atomic E-state index is 9.70. The van der Waals surface area contributed by atoms with Crippen LogP contribution in [0.3, 0.4) is 0 Å². The van der Waals surface area contributed by atoms with E-state index in [-0.39, 0.29) is 17.5 Å². The van der Waals surface area contributed by atoms with Crippen LogP contribution in [0.4, 0.5) is 0 Å². The van der Waals surface area contributed by atoms with Crippen LogP contribution in [0, 0.1) is 0 Å². The lowest BCUT2D eigenvalue weighted by Crippen LogP contribution is -2.23. The fraction of sp³-hybridized carbons (Fsp3) is 0.538. The van der Waals surface area contributed by atoms with Gasteiger partial charge in [0.15, 0.2) is 0 Å². The Bertz CT molecular complexity index is 333. The van der Waals surface area contributed by atoms with E-state index in [1.54, 1.807) is 18.2 Å². The van der Waals surface area contributed by atoms with Gasteiger partial charge in [0.25, 0.3) is 0 Å². The van der Waals surface area contributed by atoms with Crippen LogP contribution in [0.25, 0.3) is 0 Å². The minimum absolute atomic E-state index is 0.0571. The van der Waals surface area contributed by atoms with Crippen molar-refractivity contribution in [3.05, 3.63) is 23.8 Å². The van der Waals surface area contributed by atoms with Gasteiger partial charge in [0, 0.05) is 6.04 Å². The van der Waals surface area contributed by atoms with Crippen LogP contribution in [-0.2, 0) is 0 Å². The average molecular weight is 238 g/mol. The summed E-state index contributed by atoms with van der Waals surface area (Å²) in [6.45, 7) is 3.81. The molecule has 0 saturated carbocycles. The third kappa shape index (κ3) is 4.24.